The van der Waals surface area contributed by atoms with E-state index in [0.717, 1.165) is 38.1 Å². The van der Waals surface area contributed by atoms with Crippen LogP contribution in [-0.2, 0) is 12.3 Å². The Hall–Kier alpha value is -2.88. The predicted octanol–water partition coefficient (Wildman–Crippen LogP) is 5.74. The summed E-state index contributed by atoms with van der Waals surface area (Å²) in [6.07, 6.45) is 1.66. The number of benzene rings is 1. The molecule has 5 aromatic rings. The lowest BCUT2D eigenvalue weighted by Gasteiger charge is -2.09. The second-order valence-electron chi connectivity index (χ2n) is 7.26. The van der Waals surface area contributed by atoms with E-state index in [2.05, 4.69) is 29.0 Å². The van der Waals surface area contributed by atoms with Gasteiger partial charge in [0.1, 0.15) is 22.2 Å². The molecule has 0 fully saturated rings. The molecule has 0 bridgehead atoms. The second kappa shape index (κ2) is 8.57. The summed E-state index contributed by atoms with van der Waals surface area (Å²) in [6.45, 7) is 4.63. The Labute approximate surface area is 197 Å². The van der Waals surface area contributed by atoms with Crippen LogP contribution in [0.5, 0.6) is 0 Å². The highest BCUT2D eigenvalue weighted by Gasteiger charge is 2.18. The number of anilines is 1. The number of halogens is 1. The van der Waals surface area contributed by atoms with E-state index < -0.39 is 0 Å². The first-order chi connectivity index (χ1) is 15.5. The minimum absolute atomic E-state index is 0.506. The fourth-order valence-corrected chi connectivity index (χ4v) is 5.40. The number of hydrogen-bond acceptors (Lipinski definition) is 8. The molecule has 0 saturated heterocycles. The molecule has 1 aromatic carbocycles. The number of furan rings is 1. The number of aryl methyl sites for hydroxylation is 2. The molecule has 0 unspecified atom stereocenters. The van der Waals surface area contributed by atoms with E-state index in [0.29, 0.717) is 29.0 Å². The number of thioether (sulfide) groups is 1. The van der Waals surface area contributed by atoms with Gasteiger partial charge in [-0.1, -0.05) is 23.4 Å². The molecule has 32 heavy (non-hydrogen) atoms. The number of rotatable bonds is 6. The van der Waals surface area contributed by atoms with Gasteiger partial charge in [-0.3, -0.25) is 4.57 Å². The molecule has 4 heterocycles. The minimum atomic E-state index is 0.506. The van der Waals surface area contributed by atoms with Crippen LogP contribution < -0.4 is 5.73 Å². The van der Waals surface area contributed by atoms with E-state index in [1.54, 1.807) is 17.6 Å². The maximum absolute atomic E-state index is 6.24. The number of nitrogens with zero attached hydrogens (tertiary/aromatic N) is 5. The largest absolute Gasteiger partial charge is 0.467 e. The number of nitrogens with two attached hydrogens (primary N) is 1. The molecule has 0 saturated carbocycles. The topological polar surface area (TPSA) is 95.6 Å². The molecule has 0 amide bonds. The third kappa shape index (κ3) is 3.99. The van der Waals surface area contributed by atoms with Gasteiger partial charge in [-0.25, -0.2) is 9.97 Å². The molecule has 7 nitrogen and oxygen atoms in total. The summed E-state index contributed by atoms with van der Waals surface area (Å²) in [5, 5.41) is 11.2. The van der Waals surface area contributed by atoms with Crippen LogP contribution in [0.25, 0.3) is 21.6 Å². The Morgan fingerprint density at radius 2 is 1.94 bits per heavy atom. The molecule has 5 rings (SSSR count). The van der Waals surface area contributed by atoms with Crippen LogP contribution in [0, 0.1) is 13.8 Å². The Kier molecular flexibility index (Phi) is 5.62. The molecule has 0 atom stereocenters. The van der Waals surface area contributed by atoms with Gasteiger partial charge in [-0.2, -0.15) is 0 Å². The number of hydrogen-bond donors (Lipinski definition) is 1. The monoisotopic (exact) mass is 482 g/mol. The van der Waals surface area contributed by atoms with Gasteiger partial charge >= 0.3 is 0 Å². The Bertz CT molecular complexity index is 1390. The molecular formula is C22H19ClN6OS2. The zero-order valence-corrected chi connectivity index (χ0v) is 19.8. The van der Waals surface area contributed by atoms with Gasteiger partial charge in [0.05, 0.1) is 23.9 Å². The van der Waals surface area contributed by atoms with E-state index in [9.17, 15) is 0 Å². The fraction of sp³-hybridized carbons (Fsp3) is 0.182. The Morgan fingerprint density at radius 3 is 2.69 bits per heavy atom. The number of aromatic nitrogens is 5. The molecule has 0 spiro atoms. The van der Waals surface area contributed by atoms with Gasteiger partial charge in [-0.15, -0.1) is 21.5 Å². The summed E-state index contributed by atoms with van der Waals surface area (Å²) < 4.78 is 7.59. The first-order valence-corrected chi connectivity index (χ1v) is 12.0. The third-order valence-electron chi connectivity index (χ3n) is 5.15. The lowest BCUT2D eigenvalue weighted by atomic mass is 10.2. The van der Waals surface area contributed by atoms with Crippen LogP contribution in [0.3, 0.4) is 0 Å². The molecule has 0 aliphatic rings. The van der Waals surface area contributed by atoms with Crippen molar-refractivity contribution in [3.05, 3.63) is 69.7 Å². The van der Waals surface area contributed by atoms with Crippen molar-refractivity contribution in [1.82, 2.24) is 24.7 Å². The highest BCUT2D eigenvalue weighted by molar-refractivity contribution is 7.98. The van der Waals surface area contributed by atoms with Crippen LogP contribution in [-0.4, -0.2) is 24.7 Å². The molecule has 0 aliphatic carbocycles. The lowest BCUT2D eigenvalue weighted by molar-refractivity contribution is 0.485. The molecular weight excluding hydrogens is 464 g/mol. The van der Waals surface area contributed by atoms with Crippen molar-refractivity contribution in [1.29, 1.82) is 0 Å². The van der Waals surface area contributed by atoms with Crippen LogP contribution in [0.15, 0.2) is 52.2 Å². The second-order valence-corrected chi connectivity index (χ2v) is 9.84. The first kappa shape index (κ1) is 21.0. The van der Waals surface area contributed by atoms with Gasteiger partial charge in [0, 0.05) is 15.5 Å². The third-order valence-corrected chi connectivity index (χ3v) is 7.46. The summed E-state index contributed by atoms with van der Waals surface area (Å²) in [5.74, 6) is 3.26. The summed E-state index contributed by atoms with van der Waals surface area (Å²) in [4.78, 5) is 11.4. The van der Waals surface area contributed by atoms with Crippen molar-refractivity contribution in [3.8, 4) is 11.4 Å². The quantitative estimate of drug-likeness (QED) is 0.308. The van der Waals surface area contributed by atoms with Crippen molar-refractivity contribution >= 4 is 50.7 Å². The average Bonchev–Trinajstić information content (AvgIpc) is 3.49. The van der Waals surface area contributed by atoms with E-state index in [4.69, 9.17) is 26.7 Å². The van der Waals surface area contributed by atoms with Crippen LogP contribution in [0.2, 0.25) is 5.02 Å². The van der Waals surface area contributed by atoms with Gasteiger partial charge in [0.2, 0.25) is 0 Å². The van der Waals surface area contributed by atoms with Crippen molar-refractivity contribution < 1.29 is 4.42 Å². The molecule has 0 radical (unpaired) electrons. The maximum Gasteiger partial charge on any atom is 0.192 e. The van der Waals surface area contributed by atoms with Crippen molar-refractivity contribution in [2.75, 3.05) is 5.73 Å². The Morgan fingerprint density at radius 1 is 1.12 bits per heavy atom. The van der Waals surface area contributed by atoms with Crippen LogP contribution in [0.4, 0.5) is 5.82 Å². The lowest BCUT2D eigenvalue weighted by Crippen LogP contribution is -2.04. The highest BCUT2D eigenvalue weighted by Crippen LogP contribution is 2.33. The summed E-state index contributed by atoms with van der Waals surface area (Å²) in [5.41, 5.74) is 8.31. The summed E-state index contributed by atoms with van der Waals surface area (Å²) >= 11 is 9.21. The van der Waals surface area contributed by atoms with Crippen molar-refractivity contribution in [2.24, 2.45) is 0 Å². The van der Waals surface area contributed by atoms with Crippen molar-refractivity contribution in [2.45, 2.75) is 31.3 Å². The molecule has 2 N–H and O–H groups in total. The molecule has 0 aliphatic heterocycles. The van der Waals surface area contributed by atoms with E-state index >= 15 is 0 Å². The standard InChI is InChI=1S/C22H19ClN6OS2/c1-12-13(2)32-21-18(12)19(24)25-17(26-21)11-31-22-28-27-20(14-5-7-15(23)8-6-14)29(22)10-16-4-3-9-30-16/h3-9H,10-11H2,1-2H3,(H2,24,25,26). The van der Waals surface area contributed by atoms with Gasteiger partial charge < -0.3 is 10.2 Å². The van der Waals surface area contributed by atoms with Gasteiger partial charge in [0.25, 0.3) is 0 Å². The number of nitrogen functional groups attached to an aromatic ring is 1. The highest BCUT2D eigenvalue weighted by atomic mass is 35.5. The van der Waals surface area contributed by atoms with Gasteiger partial charge in [0.15, 0.2) is 11.0 Å². The molecule has 4 aromatic heterocycles. The zero-order valence-electron chi connectivity index (χ0n) is 17.4. The van der Waals surface area contributed by atoms with E-state index in [1.807, 2.05) is 41.0 Å². The molecule has 162 valence electrons. The Balaban J connectivity index is 1.47. The van der Waals surface area contributed by atoms with Crippen LogP contribution in [0.1, 0.15) is 22.0 Å². The van der Waals surface area contributed by atoms with E-state index in [-0.39, 0.29) is 0 Å². The number of thiophene rings is 1. The van der Waals surface area contributed by atoms with Crippen molar-refractivity contribution in [3.63, 3.8) is 0 Å². The minimum Gasteiger partial charge on any atom is -0.467 e. The van der Waals surface area contributed by atoms with Crippen LogP contribution >= 0.6 is 34.7 Å². The summed E-state index contributed by atoms with van der Waals surface area (Å²) in [7, 11) is 0. The predicted molar refractivity (Wildman–Crippen MR) is 129 cm³/mol. The zero-order chi connectivity index (χ0) is 22.2. The fourth-order valence-electron chi connectivity index (χ4n) is 3.43. The maximum atomic E-state index is 6.24. The summed E-state index contributed by atoms with van der Waals surface area (Å²) in [6, 6.07) is 11.3. The van der Waals surface area contributed by atoms with Gasteiger partial charge in [-0.05, 0) is 55.8 Å². The number of fused-ring (bicyclic) bond motifs is 1. The smallest absolute Gasteiger partial charge is 0.192 e. The SMILES string of the molecule is Cc1sc2nc(CSc3nnc(-c4ccc(Cl)cc4)n3Cc3ccco3)nc(N)c2c1C. The normalized spacial score (nSPS) is 11.5. The molecule has 10 heteroatoms. The van der Waals surface area contributed by atoms with E-state index in [1.165, 1.54) is 16.6 Å². The first-order valence-electron chi connectivity index (χ1n) is 9.86. The average molecular weight is 483 g/mol.